The highest BCUT2D eigenvalue weighted by atomic mass is 35.5. The fourth-order valence-corrected chi connectivity index (χ4v) is 4.09. The van der Waals surface area contributed by atoms with E-state index in [0.717, 1.165) is 17.0 Å². The molecule has 0 unspecified atom stereocenters. The number of amides is 1. The predicted octanol–water partition coefficient (Wildman–Crippen LogP) is 3.79. The van der Waals surface area contributed by atoms with Crippen LogP contribution in [-0.2, 0) is 12.5 Å². The van der Waals surface area contributed by atoms with Crippen LogP contribution in [0.15, 0.2) is 41.3 Å². The number of likely N-dealkylation sites (N-methyl/N-ethyl adjacent to an activating group) is 1. The molecule has 0 bridgehead atoms. The van der Waals surface area contributed by atoms with Crippen molar-refractivity contribution >= 4 is 40.4 Å². The molecule has 3 heterocycles. The van der Waals surface area contributed by atoms with Crippen LogP contribution in [0.25, 0.3) is 22.2 Å². The number of fused-ring (bicyclic) bond motifs is 1. The lowest BCUT2D eigenvalue weighted by Gasteiger charge is -2.14. The zero-order valence-electron chi connectivity index (χ0n) is 23.6. The van der Waals surface area contributed by atoms with Gasteiger partial charge in [0.1, 0.15) is 7.11 Å². The van der Waals surface area contributed by atoms with Crippen LogP contribution in [0, 0.1) is 0 Å². The van der Waals surface area contributed by atoms with Crippen LogP contribution >= 0.6 is 11.6 Å². The smallest absolute Gasteiger partial charge is 0.412 e. The topological polar surface area (TPSA) is 128 Å². The highest BCUT2D eigenvalue weighted by molar-refractivity contribution is 6.33. The van der Waals surface area contributed by atoms with Crippen LogP contribution in [0.3, 0.4) is 0 Å². The molecule has 3 aromatic heterocycles. The van der Waals surface area contributed by atoms with Crippen molar-refractivity contribution in [2.24, 2.45) is 7.05 Å². The summed E-state index contributed by atoms with van der Waals surface area (Å²) in [5, 5.41) is 11.1. The summed E-state index contributed by atoms with van der Waals surface area (Å²) in [6.45, 7) is 7.48. The van der Waals surface area contributed by atoms with Crippen molar-refractivity contribution in [3.8, 4) is 17.0 Å². The van der Waals surface area contributed by atoms with Gasteiger partial charge in [0, 0.05) is 59.5 Å². The highest BCUT2D eigenvalue weighted by Crippen LogP contribution is 2.31. The van der Waals surface area contributed by atoms with Crippen molar-refractivity contribution in [2.45, 2.75) is 26.2 Å². The van der Waals surface area contributed by atoms with Gasteiger partial charge in [0.15, 0.2) is 5.65 Å². The normalized spacial score (nSPS) is 11.6. The van der Waals surface area contributed by atoms with Crippen molar-refractivity contribution in [3.05, 3.63) is 57.6 Å². The molecule has 0 aliphatic heterocycles. The Labute approximate surface area is 236 Å². The number of hydrogen-bond acceptors (Lipinski definition) is 9. The number of rotatable bonds is 8. The van der Waals surface area contributed by atoms with Crippen molar-refractivity contribution in [1.82, 2.24) is 29.4 Å². The van der Waals surface area contributed by atoms with Gasteiger partial charge in [-0.2, -0.15) is 10.1 Å². The average Bonchev–Trinajstić information content (AvgIpc) is 3.25. The quantitative estimate of drug-likeness (QED) is 0.326. The van der Waals surface area contributed by atoms with Gasteiger partial charge >= 0.3 is 6.09 Å². The average molecular weight is 569 g/mol. The fraction of sp³-hybridized carbons (Fsp3) is 0.370. The highest BCUT2D eigenvalue weighted by Gasteiger charge is 2.21. The molecular formula is C27H33ClN8O4. The molecule has 0 fully saturated rings. The second-order valence-electron chi connectivity index (χ2n) is 10.5. The Bertz CT molecular complexity index is 1610. The Morgan fingerprint density at radius 3 is 2.55 bits per heavy atom. The third kappa shape index (κ3) is 6.35. The molecule has 0 aliphatic carbocycles. The summed E-state index contributed by atoms with van der Waals surface area (Å²) in [4.78, 5) is 42.4. The maximum Gasteiger partial charge on any atom is 0.418 e. The molecule has 1 aromatic carbocycles. The number of halogens is 1. The van der Waals surface area contributed by atoms with E-state index in [9.17, 15) is 9.59 Å². The Morgan fingerprint density at radius 2 is 1.90 bits per heavy atom. The first-order valence-corrected chi connectivity index (χ1v) is 12.9. The SMILES string of the molecule is COn1c(=O)c(-c2cc(NC(=O)Oc3cc(C(C)(C)C)nn3C)ccc2Cl)cc2cnc(NCCN(C)C)nc21. The van der Waals surface area contributed by atoms with Gasteiger partial charge in [-0.3, -0.25) is 10.1 Å². The molecule has 0 aliphatic rings. The number of benzene rings is 1. The molecule has 12 nitrogen and oxygen atoms in total. The summed E-state index contributed by atoms with van der Waals surface area (Å²) in [6, 6.07) is 8.16. The maximum absolute atomic E-state index is 13.4. The first-order valence-electron chi connectivity index (χ1n) is 12.6. The monoisotopic (exact) mass is 568 g/mol. The van der Waals surface area contributed by atoms with Crippen LogP contribution in [0.5, 0.6) is 5.88 Å². The summed E-state index contributed by atoms with van der Waals surface area (Å²) in [7, 11) is 7.01. The minimum Gasteiger partial charge on any atom is -0.412 e. The van der Waals surface area contributed by atoms with E-state index in [0.29, 0.717) is 45.7 Å². The summed E-state index contributed by atoms with van der Waals surface area (Å²) >= 11 is 6.50. The van der Waals surface area contributed by atoms with Gasteiger partial charge in [0.2, 0.25) is 11.8 Å². The number of ether oxygens (including phenoxy) is 1. The molecule has 2 N–H and O–H groups in total. The maximum atomic E-state index is 13.4. The van der Waals surface area contributed by atoms with Gasteiger partial charge in [0.05, 0.1) is 11.3 Å². The van der Waals surface area contributed by atoms with Gasteiger partial charge in [-0.15, -0.1) is 4.73 Å². The van der Waals surface area contributed by atoms with Crippen molar-refractivity contribution in [3.63, 3.8) is 0 Å². The van der Waals surface area contributed by atoms with Crippen molar-refractivity contribution in [2.75, 3.05) is 44.9 Å². The zero-order chi connectivity index (χ0) is 29.2. The van der Waals surface area contributed by atoms with Crippen LogP contribution in [-0.4, -0.2) is 69.8 Å². The van der Waals surface area contributed by atoms with Crippen molar-refractivity contribution in [1.29, 1.82) is 0 Å². The van der Waals surface area contributed by atoms with E-state index in [1.165, 1.54) is 11.8 Å². The van der Waals surface area contributed by atoms with E-state index in [1.807, 2.05) is 39.8 Å². The lowest BCUT2D eigenvalue weighted by Crippen LogP contribution is -2.28. The standard InChI is InChI=1S/C27H33ClN8O4/c1-27(2,3)21-14-22(35(6)33-21)40-26(38)31-17-8-9-20(28)18(13-17)19-12-16-15-30-25(29-10-11-34(4)5)32-23(16)36(39-7)24(19)37/h8-9,12-15H,10-11H2,1-7H3,(H,31,38)(H,29,30,32). The molecule has 212 valence electrons. The number of pyridine rings is 1. The molecule has 40 heavy (non-hydrogen) atoms. The number of aromatic nitrogens is 5. The zero-order valence-corrected chi connectivity index (χ0v) is 24.3. The minimum atomic E-state index is -0.716. The number of carbonyl (C=O) groups is 1. The first kappa shape index (κ1) is 28.8. The number of carbonyl (C=O) groups excluding carboxylic acids is 1. The van der Waals surface area contributed by atoms with E-state index in [4.69, 9.17) is 21.2 Å². The summed E-state index contributed by atoms with van der Waals surface area (Å²) in [6.07, 6.45) is 0.888. The lowest BCUT2D eigenvalue weighted by atomic mass is 9.93. The first-order chi connectivity index (χ1) is 18.9. The molecule has 0 saturated carbocycles. The van der Waals surface area contributed by atoms with Gasteiger partial charge in [-0.1, -0.05) is 32.4 Å². The summed E-state index contributed by atoms with van der Waals surface area (Å²) in [5.41, 5.74) is 1.43. The Kier molecular flexibility index (Phi) is 8.31. The van der Waals surface area contributed by atoms with Crippen LogP contribution < -0.4 is 25.8 Å². The minimum absolute atomic E-state index is 0.203. The predicted molar refractivity (Wildman–Crippen MR) is 155 cm³/mol. The van der Waals surface area contributed by atoms with Crippen LogP contribution in [0.4, 0.5) is 16.4 Å². The van der Waals surface area contributed by atoms with Gasteiger partial charge in [0.25, 0.3) is 5.56 Å². The molecular weight excluding hydrogens is 536 g/mol. The molecule has 0 radical (unpaired) electrons. The van der Waals surface area contributed by atoms with E-state index in [2.05, 4.69) is 25.7 Å². The van der Waals surface area contributed by atoms with Gasteiger partial charge in [-0.25, -0.2) is 14.5 Å². The van der Waals surface area contributed by atoms with E-state index < -0.39 is 11.7 Å². The molecule has 1 amide bonds. The molecule has 4 aromatic rings. The summed E-state index contributed by atoms with van der Waals surface area (Å²) in [5.74, 6) is 0.669. The lowest BCUT2D eigenvalue weighted by molar-refractivity contribution is 0.168. The molecule has 0 spiro atoms. The largest absolute Gasteiger partial charge is 0.418 e. The molecule has 0 atom stereocenters. The number of hydrogen-bond donors (Lipinski definition) is 2. The number of nitrogens with one attached hydrogen (secondary N) is 2. The van der Waals surface area contributed by atoms with E-state index in [1.54, 1.807) is 43.6 Å². The van der Waals surface area contributed by atoms with Gasteiger partial charge < -0.3 is 19.8 Å². The van der Waals surface area contributed by atoms with E-state index >= 15 is 0 Å². The summed E-state index contributed by atoms with van der Waals surface area (Å²) < 4.78 is 8.06. The van der Waals surface area contributed by atoms with Crippen LogP contribution in [0.2, 0.25) is 5.02 Å². The molecule has 4 rings (SSSR count). The van der Waals surface area contributed by atoms with Crippen molar-refractivity contribution < 1.29 is 14.4 Å². The second-order valence-corrected chi connectivity index (χ2v) is 10.9. The molecule has 13 heteroatoms. The van der Waals surface area contributed by atoms with Gasteiger partial charge in [-0.05, 0) is 38.4 Å². The fourth-order valence-electron chi connectivity index (χ4n) is 3.87. The Hall–Kier alpha value is -4.16. The van der Waals surface area contributed by atoms with E-state index in [-0.39, 0.29) is 11.0 Å². The Morgan fingerprint density at radius 1 is 1.15 bits per heavy atom. The molecule has 0 saturated heterocycles. The number of aryl methyl sites for hydroxylation is 1. The second kappa shape index (κ2) is 11.5. The van der Waals surface area contributed by atoms with Crippen LogP contribution in [0.1, 0.15) is 26.5 Å². The Balaban J connectivity index is 1.62. The number of nitrogens with zero attached hydrogens (tertiary/aromatic N) is 6. The number of anilines is 2. The third-order valence-electron chi connectivity index (χ3n) is 6.03. The third-order valence-corrected chi connectivity index (χ3v) is 6.36.